The molecule has 1 saturated heterocycles. The standard InChI is InChI=1S/C29H25FN6O/c1-18-12-25-20(14-32-36(25)22-10-8-21(30)9-11-22)13-23(18)29-17-35(28(37)26-15-31-33-34(26)2)16-24(29)27(29)19-6-4-3-5-7-19/h3-15,24,27H,16-17H2,1-2H3/t24-,27-,29+/m1/s1. The number of likely N-dealkylation sites (tertiary alicyclic amines) is 1. The molecule has 2 fully saturated rings. The van der Waals surface area contributed by atoms with Gasteiger partial charge in [0.15, 0.2) is 0 Å². The van der Waals surface area contributed by atoms with Crippen LogP contribution in [0.3, 0.4) is 0 Å². The molecule has 3 atom stereocenters. The number of rotatable bonds is 4. The van der Waals surface area contributed by atoms with E-state index < -0.39 is 0 Å². The van der Waals surface area contributed by atoms with E-state index in [4.69, 9.17) is 0 Å². The third-order valence-corrected chi connectivity index (χ3v) is 8.25. The second-order valence-electron chi connectivity index (χ2n) is 10.2. The molecule has 2 aliphatic rings. The van der Waals surface area contributed by atoms with Crippen molar-refractivity contribution in [2.24, 2.45) is 13.0 Å². The van der Waals surface area contributed by atoms with Crippen LogP contribution in [0.15, 0.2) is 79.1 Å². The van der Waals surface area contributed by atoms with E-state index in [1.54, 1.807) is 19.2 Å². The van der Waals surface area contributed by atoms with Gasteiger partial charge in [0.2, 0.25) is 0 Å². The normalized spacial score (nSPS) is 22.4. The number of carbonyl (C=O) groups is 1. The summed E-state index contributed by atoms with van der Waals surface area (Å²) in [5.74, 6) is 0.356. The second kappa shape index (κ2) is 7.83. The first-order chi connectivity index (χ1) is 18.0. The lowest BCUT2D eigenvalue weighted by Crippen LogP contribution is -2.35. The molecule has 1 aliphatic carbocycles. The van der Waals surface area contributed by atoms with Crippen LogP contribution in [0.2, 0.25) is 0 Å². The van der Waals surface area contributed by atoms with Gasteiger partial charge in [-0.1, -0.05) is 35.5 Å². The molecule has 2 aromatic heterocycles. The fourth-order valence-corrected chi connectivity index (χ4v) is 6.53. The topological polar surface area (TPSA) is 68.8 Å². The average molecular weight is 493 g/mol. The van der Waals surface area contributed by atoms with Crippen LogP contribution in [0.1, 0.15) is 33.1 Å². The van der Waals surface area contributed by atoms with Crippen molar-refractivity contribution in [3.63, 3.8) is 0 Å². The van der Waals surface area contributed by atoms with Gasteiger partial charge in [-0.05, 0) is 65.9 Å². The molecule has 0 radical (unpaired) electrons. The molecule has 0 N–H and O–H groups in total. The number of aryl methyl sites for hydroxylation is 2. The highest BCUT2D eigenvalue weighted by molar-refractivity contribution is 5.93. The largest absolute Gasteiger partial charge is 0.336 e. The number of halogens is 1. The van der Waals surface area contributed by atoms with Crippen LogP contribution in [-0.4, -0.2) is 48.7 Å². The molecule has 1 amide bonds. The molecule has 8 heteroatoms. The minimum absolute atomic E-state index is 0.0336. The Bertz CT molecular complexity index is 1660. The number of carbonyl (C=O) groups excluding carboxylic acids is 1. The van der Waals surface area contributed by atoms with Crippen LogP contribution >= 0.6 is 0 Å². The molecule has 1 saturated carbocycles. The summed E-state index contributed by atoms with van der Waals surface area (Å²) in [5, 5.41) is 13.5. The lowest BCUT2D eigenvalue weighted by atomic mass is 9.86. The quantitative estimate of drug-likeness (QED) is 0.373. The van der Waals surface area contributed by atoms with Crippen LogP contribution in [0.25, 0.3) is 16.6 Å². The van der Waals surface area contributed by atoms with Gasteiger partial charge < -0.3 is 4.90 Å². The van der Waals surface area contributed by atoms with Crippen LogP contribution in [0, 0.1) is 18.7 Å². The molecule has 5 aromatic rings. The Labute approximate surface area is 213 Å². The van der Waals surface area contributed by atoms with E-state index in [9.17, 15) is 9.18 Å². The minimum Gasteiger partial charge on any atom is -0.336 e. The average Bonchev–Trinajstić information content (AvgIpc) is 3.32. The molecule has 37 heavy (non-hydrogen) atoms. The van der Waals surface area contributed by atoms with E-state index in [1.165, 1.54) is 34.1 Å². The first-order valence-corrected chi connectivity index (χ1v) is 12.4. The van der Waals surface area contributed by atoms with E-state index in [0.717, 1.165) is 22.2 Å². The van der Waals surface area contributed by atoms with Crippen molar-refractivity contribution < 1.29 is 9.18 Å². The van der Waals surface area contributed by atoms with Gasteiger partial charge in [0.1, 0.15) is 11.5 Å². The van der Waals surface area contributed by atoms with Crippen LogP contribution in [0.4, 0.5) is 4.39 Å². The highest BCUT2D eigenvalue weighted by atomic mass is 19.1. The molecule has 0 unspecified atom stereocenters. The van der Waals surface area contributed by atoms with E-state index >= 15 is 0 Å². The zero-order chi connectivity index (χ0) is 25.3. The van der Waals surface area contributed by atoms with Crippen LogP contribution in [-0.2, 0) is 12.5 Å². The van der Waals surface area contributed by atoms with Crippen molar-refractivity contribution in [2.45, 2.75) is 18.3 Å². The van der Waals surface area contributed by atoms with Gasteiger partial charge in [-0.3, -0.25) is 4.79 Å². The van der Waals surface area contributed by atoms with Gasteiger partial charge in [0.25, 0.3) is 5.91 Å². The Morgan fingerprint density at radius 1 is 1.05 bits per heavy atom. The zero-order valence-electron chi connectivity index (χ0n) is 20.5. The fourth-order valence-electron chi connectivity index (χ4n) is 6.53. The van der Waals surface area contributed by atoms with E-state index in [-0.39, 0.29) is 17.1 Å². The van der Waals surface area contributed by atoms with Crippen molar-refractivity contribution in [3.8, 4) is 5.69 Å². The summed E-state index contributed by atoms with van der Waals surface area (Å²) in [5.41, 5.74) is 5.86. The molecular formula is C29H25FN6O. The van der Waals surface area contributed by atoms with Gasteiger partial charge in [-0.25, -0.2) is 13.8 Å². The molecule has 184 valence electrons. The monoisotopic (exact) mass is 492 g/mol. The molecule has 7 rings (SSSR count). The van der Waals surface area contributed by atoms with Gasteiger partial charge in [-0.2, -0.15) is 5.10 Å². The molecule has 0 bridgehead atoms. The minimum atomic E-state index is -0.272. The van der Waals surface area contributed by atoms with Crippen molar-refractivity contribution >= 4 is 16.8 Å². The number of aromatic nitrogens is 5. The zero-order valence-corrected chi connectivity index (χ0v) is 20.5. The number of hydrogen-bond acceptors (Lipinski definition) is 4. The van der Waals surface area contributed by atoms with Crippen molar-refractivity contribution in [1.29, 1.82) is 0 Å². The van der Waals surface area contributed by atoms with Gasteiger partial charge in [0, 0.05) is 36.9 Å². The Morgan fingerprint density at radius 2 is 1.84 bits per heavy atom. The first-order valence-electron chi connectivity index (χ1n) is 12.4. The molecule has 0 spiro atoms. The maximum absolute atomic E-state index is 13.5. The molecule has 3 aromatic carbocycles. The smallest absolute Gasteiger partial charge is 0.273 e. The van der Waals surface area contributed by atoms with Crippen LogP contribution < -0.4 is 0 Å². The Balaban J connectivity index is 1.31. The number of nitrogens with zero attached hydrogens (tertiary/aromatic N) is 6. The van der Waals surface area contributed by atoms with Gasteiger partial charge in [-0.15, -0.1) is 5.10 Å². The molecule has 7 nitrogen and oxygen atoms in total. The van der Waals surface area contributed by atoms with E-state index in [0.29, 0.717) is 30.6 Å². The van der Waals surface area contributed by atoms with Crippen molar-refractivity contribution in [1.82, 2.24) is 29.7 Å². The Hall–Kier alpha value is -4.33. The van der Waals surface area contributed by atoms with Crippen molar-refractivity contribution in [2.75, 3.05) is 13.1 Å². The predicted octanol–water partition coefficient (Wildman–Crippen LogP) is 4.41. The highest BCUT2D eigenvalue weighted by Gasteiger charge is 2.71. The summed E-state index contributed by atoms with van der Waals surface area (Å²) in [7, 11) is 1.75. The maximum Gasteiger partial charge on any atom is 0.273 e. The maximum atomic E-state index is 13.5. The van der Waals surface area contributed by atoms with Crippen molar-refractivity contribution in [3.05, 3.63) is 107 Å². The number of benzene rings is 3. The third-order valence-electron chi connectivity index (χ3n) is 8.25. The third kappa shape index (κ3) is 3.18. The Kier molecular flexibility index (Phi) is 4.64. The van der Waals surface area contributed by atoms with Crippen LogP contribution in [0.5, 0.6) is 0 Å². The number of amides is 1. The lowest BCUT2D eigenvalue weighted by Gasteiger charge is -2.25. The first kappa shape index (κ1) is 21.9. The summed E-state index contributed by atoms with van der Waals surface area (Å²) in [6.45, 7) is 3.47. The lowest BCUT2D eigenvalue weighted by molar-refractivity contribution is 0.0758. The summed E-state index contributed by atoms with van der Waals surface area (Å²) in [4.78, 5) is 15.3. The molecular weight excluding hydrogens is 467 g/mol. The molecule has 1 aliphatic heterocycles. The number of hydrogen-bond donors (Lipinski definition) is 0. The predicted molar refractivity (Wildman–Crippen MR) is 137 cm³/mol. The van der Waals surface area contributed by atoms with E-state index in [2.05, 4.69) is 58.7 Å². The summed E-state index contributed by atoms with van der Waals surface area (Å²) in [6, 6.07) is 21.4. The fraction of sp³-hybridized carbons (Fsp3) is 0.241. The van der Waals surface area contributed by atoms with Gasteiger partial charge >= 0.3 is 0 Å². The van der Waals surface area contributed by atoms with E-state index in [1.807, 2.05) is 21.8 Å². The summed E-state index contributed by atoms with van der Waals surface area (Å²) in [6.07, 6.45) is 3.40. The number of fused-ring (bicyclic) bond motifs is 2. The highest BCUT2D eigenvalue weighted by Crippen LogP contribution is 2.69. The second-order valence-corrected chi connectivity index (χ2v) is 10.2. The molecule has 3 heterocycles. The van der Waals surface area contributed by atoms with Gasteiger partial charge in [0.05, 0.1) is 23.6 Å². The SMILES string of the molecule is Cc1cc2c(cnn2-c2ccc(F)cc2)cc1[C@@]12CN(C(=O)c3cnnn3C)C[C@@H]1[C@H]2c1ccccc1. The summed E-state index contributed by atoms with van der Waals surface area (Å²) < 4.78 is 16.9. The summed E-state index contributed by atoms with van der Waals surface area (Å²) >= 11 is 0. The number of piperidine rings is 1. The Morgan fingerprint density at radius 3 is 2.57 bits per heavy atom.